The lowest BCUT2D eigenvalue weighted by Crippen LogP contribution is -2.18. The van der Waals surface area contributed by atoms with E-state index in [1.165, 1.54) is 19.5 Å². The maximum Gasteiger partial charge on any atom is 0.408 e. The lowest BCUT2D eigenvalue weighted by molar-refractivity contribution is -0.141. The SMILES string of the molecule is COc1c(Cl)ncc2cnn(CC(F)(F)F)c12. The number of alkyl halides is 3. The summed E-state index contributed by atoms with van der Waals surface area (Å²) < 4.78 is 42.7. The third-order valence-corrected chi connectivity index (χ3v) is 2.39. The topological polar surface area (TPSA) is 39.9 Å². The number of pyridine rings is 1. The fourth-order valence-electron chi connectivity index (χ4n) is 1.50. The van der Waals surface area contributed by atoms with E-state index < -0.39 is 12.7 Å². The maximum atomic E-state index is 12.3. The predicted octanol–water partition coefficient (Wildman–Crippen LogP) is 2.66. The van der Waals surface area contributed by atoms with Crippen molar-refractivity contribution in [3.63, 3.8) is 0 Å². The van der Waals surface area contributed by atoms with Gasteiger partial charge in [-0.3, -0.25) is 4.68 Å². The number of ether oxygens (including phenoxy) is 1. The summed E-state index contributed by atoms with van der Waals surface area (Å²) in [5.41, 5.74) is 0.185. The Bertz CT molecular complexity index is 552. The van der Waals surface area contributed by atoms with Gasteiger partial charge >= 0.3 is 6.18 Å². The molecule has 17 heavy (non-hydrogen) atoms. The monoisotopic (exact) mass is 265 g/mol. The molecule has 0 amide bonds. The Morgan fingerprint density at radius 1 is 1.41 bits per heavy atom. The summed E-state index contributed by atoms with van der Waals surface area (Å²) >= 11 is 5.75. The summed E-state index contributed by atoms with van der Waals surface area (Å²) in [4.78, 5) is 3.79. The van der Waals surface area contributed by atoms with Crippen LogP contribution < -0.4 is 4.74 Å². The van der Waals surface area contributed by atoms with E-state index in [1.807, 2.05) is 0 Å². The quantitative estimate of drug-likeness (QED) is 0.784. The van der Waals surface area contributed by atoms with Gasteiger partial charge in [-0.2, -0.15) is 18.3 Å². The summed E-state index contributed by atoms with van der Waals surface area (Å²) in [7, 11) is 1.31. The number of hydrogen-bond donors (Lipinski definition) is 0. The average molecular weight is 266 g/mol. The number of rotatable bonds is 2. The van der Waals surface area contributed by atoms with Crippen LogP contribution in [0.5, 0.6) is 5.75 Å². The number of aromatic nitrogens is 3. The van der Waals surface area contributed by atoms with E-state index in [9.17, 15) is 13.2 Å². The van der Waals surface area contributed by atoms with Crippen molar-refractivity contribution in [2.24, 2.45) is 0 Å². The van der Waals surface area contributed by atoms with Gasteiger partial charge < -0.3 is 4.74 Å². The Morgan fingerprint density at radius 2 is 2.12 bits per heavy atom. The third kappa shape index (κ3) is 2.28. The first-order valence-electron chi connectivity index (χ1n) is 4.53. The van der Waals surface area contributed by atoms with Crippen molar-refractivity contribution in [2.45, 2.75) is 12.7 Å². The largest absolute Gasteiger partial charge is 0.491 e. The molecule has 0 bridgehead atoms. The zero-order chi connectivity index (χ0) is 12.6. The predicted molar refractivity (Wildman–Crippen MR) is 55.1 cm³/mol. The average Bonchev–Trinajstić information content (AvgIpc) is 2.59. The lowest BCUT2D eigenvalue weighted by atomic mass is 10.3. The van der Waals surface area contributed by atoms with Gasteiger partial charge in [0.1, 0.15) is 12.1 Å². The van der Waals surface area contributed by atoms with Crippen LogP contribution in [0, 0.1) is 0 Å². The van der Waals surface area contributed by atoms with E-state index in [-0.39, 0.29) is 16.4 Å². The lowest BCUT2D eigenvalue weighted by Gasteiger charge is -2.10. The highest BCUT2D eigenvalue weighted by atomic mass is 35.5. The molecule has 0 atom stereocenters. The minimum absolute atomic E-state index is 0.00363. The fourth-order valence-corrected chi connectivity index (χ4v) is 1.71. The molecule has 0 saturated heterocycles. The molecule has 0 saturated carbocycles. The highest BCUT2D eigenvalue weighted by Gasteiger charge is 2.30. The second kappa shape index (κ2) is 4.06. The van der Waals surface area contributed by atoms with Gasteiger partial charge in [0.25, 0.3) is 0 Å². The van der Waals surface area contributed by atoms with Gasteiger partial charge in [-0.25, -0.2) is 4.98 Å². The number of methoxy groups -OCH3 is 1. The third-order valence-electron chi connectivity index (χ3n) is 2.12. The molecule has 2 aromatic heterocycles. The molecular formula is C9H7ClF3N3O. The summed E-state index contributed by atoms with van der Waals surface area (Å²) in [6, 6.07) is 0. The first kappa shape index (κ1) is 12.0. The van der Waals surface area contributed by atoms with E-state index in [1.54, 1.807) is 0 Å². The first-order valence-corrected chi connectivity index (χ1v) is 4.91. The molecule has 2 aromatic rings. The van der Waals surface area contributed by atoms with Crippen LogP contribution >= 0.6 is 11.6 Å². The van der Waals surface area contributed by atoms with Crippen molar-refractivity contribution in [3.8, 4) is 5.75 Å². The Labute approximate surface area is 98.9 Å². The molecule has 0 aromatic carbocycles. The van der Waals surface area contributed by atoms with Crippen molar-refractivity contribution in [1.29, 1.82) is 0 Å². The zero-order valence-electron chi connectivity index (χ0n) is 8.62. The molecule has 0 aliphatic heterocycles. The van der Waals surface area contributed by atoms with Gasteiger partial charge in [-0.05, 0) is 0 Å². The number of fused-ring (bicyclic) bond motifs is 1. The molecule has 0 aliphatic carbocycles. The molecule has 0 radical (unpaired) electrons. The second-order valence-electron chi connectivity index (χ2n) is 3.30. The van der Waals surface area contributed by atoms with Gasteiger partial charge in [0.05, 0.1) is 13.3 Å². The molecular weight excluding hydrogens is 259 g/mol. The minimum atomic E-state index is -4.36. The highest BCUT2D eigenvalue weighted by Crippen LogP contribution is 2.32. The fraction of sp³-hybridized carbons (Fsp3) is 0.333. The minimum Gasteiger partial charge on any atom is -0.491 e. The second-order valence-corrected chi connectivity index (χ2v) is 3.66. The molecule has 92 valence electrons. The summed E-state index contributed by atoms with van der Waals surface area (Å²) in [5.74, 6) is 0.0888. The standard InChI is InChI=1S/C9H7ClF3N3O/c1-17-7-6-5(2-14-8(7)10)3-15-16(6)4-9(11,12)13/h2-3H,4H2,1H3. The van der Waals surface area contributed by atoms with Crippen LogP contribution in [-0.4, -0.2) is 28.1 Å². The summed E-state index contributed by atoms with van der Waals surface area (Å²) in [5, 5.41) is 4.09. The number of nitrogens with zero attached hydrogens (tertiary/aromatic N) is 3. The van der Waals surface area contributed by atoms with Crippen LogP contribution in [0.25, 0.3) is 10.9 Å². The van der Waals surface area contributed by atoms with Crippen LogP contribution in [0.15, 0.2) is 12.4 Å². The van der Waals surface area contributed by atoms with Crippen molar-refractivity contribution in [3.05, 3.63) is 17.5 Å². The van der Waals surface area contributed by atoms with Gasteiger partial charge in [0, 0.05) is 11.6 Å². The molecule has 0 spiro atoms. The van der Waals surface area contributed by atoms with E-state index >= 15 is 0 Å². The van der Waals surface area contributed by atoms with Gasteiger partial charge in [0.2, 0.25) is 0 Å². The molecule has 4 nitrogen and oxygen atoms in total. The number of halogens is 4. The van der Waals surface area contributed by atoms with Crippen LogP contribution in [0.1, 0.15) is 0 Å². The number of hydrogen-bond acceptors (Lipinski definition) is 3. The maximum absolute atomic E-state index is 12.3. The van der Waals surface area contributed by atoms with Crippen molar-refractivity contribution < 1.29 is 17.9 Å². The molecule has 8 heteroatoms. The van der Waals surface area contributed by atoms with E-state index in [4.69, 9.17) is 16.3 Å². The van der Waals surface area contributed by atoms with Crippen LogP contribution in [0.4, 0.5) is 13.2 Å². The summed E-state index contributed by atoms with van der Waals surface area (Å²) in [6.07, 6.45) is -1.73. The molecule has 2 heterocycles. The zero-order valence-corrected chi connectivity index (χ0v) is 9.38. The molecule has 0 fully saturated rings. The molecule has 2 rings (SSSR count). The highest BCUT2D eigenvalue weighted by molar-refractivity contribution is 6.31. The molecule has 0 aliphatic rings. The first-order chi connectivity index (χ1) is 7.92. The van der Waals surface area contributed by atoms with Crippen molar-refractivity contribution in [1.82, 2.24) is 14.8 Å². The molecule has 0 unspecified atom stereocenters. The van der Waals surface area contributed by atoms with E-state index in [2.05, 4.69) is 10.1 Å². The van der Waals surface area contributed by atoms with Gasteiger partial charge in [0.15, 0.2) is 10.9 Å². The Morgan fingerprint density at radius 3 is 2.71 bits per heavy atom. The molecule has 0 N–H and O–H groups in total. The Hall–Kier alpha value is -1.50. The van der Waals surface area contributed by atoms with Crippen molar-refractivity contribution >= 4 is 22.5 Å². The van der Waals surface area contributed by atoms with Crippen LogP contribution in [0.3, 0.4) is 0 Å². The smallest absolute Gasteiger partial charge is 0.408 e. The van der Waals surface area contributed by atoms with Gasteiger partial charge in [-0.1, -0.05) is 11.6 Å². The normalized spacial score (nSPS) is 12.1. The van der Waals surface area contributed by atoms with E-state index in [0.717, 1.165) is 4.68 Å². The Balaban J connectivity index is 2.61. The van der Waals surface area contributed by atoms with Gasteiger partial charge in [-0.15, -0.1) is 0 Å². The van der Waals surface area contributed by atoms with Crippen molar-refractivity contribution in [2.75, 3.05) is 7.11 Å². The van der Waals surface area contributed by atoms with E-state index in [0.29, 0.717) is 5.39 Å². The summed E-state index contributed by atoms with van der Waals surface area (Å²) in [6.45, 7) is -1.20. The van der Waals surface area contributed by atoms with Crippen LogP contribution in [0.2, 0.25) is 5.15 Å². The Kier molecular flexibility index (Phi) is 2.86. The van der Waals surface area contributed by atoms with Crippen LogP contribution in [-0.2, 0) is 6.54 Å².